The average molecular weight is 388 g/mol. The van der Waals surface area contributed by atoms with Crippen molar-refractivity contribution in [1.82, 2.24) is 19.7 Å². The van der Waals surface area contributed by atoms with Gasteiger partial charge in [0, 0.05) is 12.5 Å². The van der Waals surface area contributed by atoms with Gasteiger partial charge in [-0.25, -0.2) is 0 Å². The second-order valence-corrected chi connectivity index (χ2v) is 7.92. The van der Waals surface area contributed by atoms with E-state index in [-0.39, 0.29) is 11.9 Å². The second kappa shape index (κ2) is 7.35. The largest absolute Gasteiger partial charge is 0.488 e. The van der Waals surface area contributed by atoms with Crippen molar-refractivity contribution in [3.63, 3.8) is 0 Å². The highest BCUT2D eigenvalue weighted by Crippen LogP contribution is 2.41. The minimum absolute atomic E-state index is 0.0252. The first-order valence-electron chi connectivity index (χ1n) is 10.2. The molecule has 0 N–H and O–H groups in total. The number of carbonyl (C=O) groups is 1. The van der Waals surface area contributed by atoms with Crippen LogP contribution in [0, 0.1) is 0 Å². The highest BCUT2D eigenvalue weighted by atomic mass is 16.5. The Bertz CT molecular complexity index is 1030. The smallest absolute Gasteiger partial charge is 0.258 e. The van der Waals surface area contributed by atoms with Crippen molar-refractivity contribution in [2.75, 3.05) is 6.54 Å². The second-order valence-electron chi connectivity index (χ2n) is 7.92. The van der Waals surface area contributed by atoms with Crippen molar-refractivity contribution in [2.45, 2.75) is 44.9 Å². The molecule has 0 radical (unpaired) electrons. The zero-order valence-corrected chi connectivity index (χ0v) is 16.5. The number of para-hydroxylation sites is 1. The van der Waals surface area contributed by atoms with Crippen LogP contribution < -0.4 is 4.74 Å². The lowest BCUT2D eigenvalue weighted by molar-refractivity contribution is 0.0674. The minimum Gasteiger partial charge on any atom is -0.488 e. The highest BCUT2D eigenvalue weighted by molar-refractivity contribution is 5.97. The molecule has 6 nitrogen and oxygen atoms in total. The molecule has 5 rings (SSSR count). The number of ether oxygens (including phenoxy) is 1. The Morgan fingerprint density at radius 3 is 2.62 bits per heavy atom. The molecule has 29 heavy (non-hydrogen) atoms. The molecule has 1 aliphatic heterocycles. The number of carbonyl (C=O) groups excluding carboxylic acids is 1. The van der Waals surface area contributed by atoms with E-state index in [9.17, 15) is 4.79 Å². The van der Waals surface area contributed by atoms with Crippen LogP contribution in [0.2, 0.25) is 0 Å². The van der Waals surface area contributed by atoms with E-state index in [0.717, 1.165) is 17.2 Å². The molecular formula is C23H24N4O2. The normalized spacial score (nSPS) is 18.4. The lowest BCUT2D eigenvalue weighted by Gasteiger charge is -2.33. The topological polar surface area (TPSA) is 60.3 Å². The van der Waals surface area contributed by atoms with Gasteiger partial charge in [0.05, 0.1) is 18.2 Å². The van der Waals surface area contributed by atoms with E-state index in [0.29, 0.717) is 36.9 Å². The van der Waals surface area contributed by atoms with Crippen molar-refractivity contribution < 1.29 is 9.53 Å². The number of benzene rings is 2. The number of aromatic nitrogens is 3. The van der Waals surface area contributed by atoms with Crippen LogP contribution in [0.5, 0.6) is 5.75 Å². The van der Waals surface area contributed by atoms with Gasteiger partial charge in [0.2, 0.25) is 0 Å². The number of fused-ring (bicyclic) bond motifs is 1. The van der Waals surface area contributed by atoms with Gasteiger partial charge in [0.1, 0.15) is 18.2 Å². The van der Waals surface area contributed by atoms with Gasteiger partial charge in [-0.3, -0.25) is 4.79 Å². The Morgan fingerprint density at radius 2 is 1.83 bits per heavy atom. The maximum atomic E-state index is 13.3. The Kier molecular flexibility index (Phi) is 4.54. The molecule has 2 aliphatic rings. The van der Waals surface area contributed by atoms with Crippen LogP contribution in [0.25, 0.3) is 0 Å². The molecule has 1 aromatic heterocycles. The van der Waals surface area contributed by atoms with E-state index in [4.69, 9.17) is 4.74 Å². The Morgan fingerprint density at radius 1 is 1.07 bits per heavy atom. The molecule has 0 spiro atoms. The van der Waals surface area contributed by atoms with Crippen molar-refractivity contribution in [2.24, 2.45) is 0 Å². The van der Waals surface area contributed by atoms with E-state index in [1.165, 1.54) is 12.8 Å². The zero-order chi connectivity index (χ0) is 19.8. The van der Waals surface area contributed by atoms with E-state index < -0.39 is 0 Å². The van der Waals surface area contributed by atoms with Crippen LogP contribution in [-0.4, -0.2) is 32.1 Å². The van der Waals surface area contributed by atoms with Gasteiger partial charge in [0.15, 0.2) is 5.82 Å². The zero-order valence-electron chi connectivity index (χ0n) is 16.5. The molecule has 2 heterocycles. The first-order chi connectivity index (χ1) is 14.2. The fourth-order valence-electron chi connectivity index (χ4n) is 4.01. The summed E-state index contributed by atoms with van der Waals surface area (Å²) in [7, 11) is 0. The van der Waals surface area contributed by atoms with Crippen LogP contribution in [0.1, 0.15) is 59.3 Å². The predicted octanol–water partition coefficient (Wildman–Crippen LogP) is 3.95. The summed E-state index contributed by atoms with van der Waals surface area (Å²) in [6.45, 7) is 3.70. The third kappa shape index (κ3) is 3.50. The number of hydrogen-bond donors (Lipinski definition) is 0. The summed E-state index contributed by atoms with van der Waals surface area (Å²) in [5.41, 5.74) is 1.66. The van der Waals surface area contributed by atoms with Crippen LogP contribution in [-0.2, 0) is 13.2 Å². The van der Waals surface area contributed by atoms with Gasteiger partial charge in [-0.05, 0) is 37.5 Å². The summed E-state index contributed by atoms with van der Waals surface area (Å²) in [6, 6.07) is 17.6. The van der Waals surface area contributed by atoms with Crippen LogP contribution in [0.4, 0.5) is 0 Å². The monoisotopic (exact) mass is 388 g/mol. The Hall–Kier alpha value is -3.15. The summed E-state index contributed by atoms with van der Waals surface area (Å²) >= 11 is 0. The molecule has 0 saturated heterocycles. The van der Waals surface area contributed by atoms with Gasteiger partial charge in [-0.1, -0.05) is 42.5 Å². The number of nitrogens with zero attached hydrogens (tertiary/aromatic N) is 4. The van der Waals surface area contributed by atoms with Crippen molar-refractivity contribution in [3.05, 3.63) is 77.4 Å². The minimum atomic E-state index is -0.0252. The number of hydrogen-bond acceptors (Lipinski definition) is 4. The van der Waals surface area contributed by atoms with Crippen LogP contribution in [0.15, 0.2) is 54.6 Å². The summed E-state index contributed by atoms with van der Waals surface area (Å²) < 4.78 is 8.23. The lowest BCUT2D eigenvalue weighted by Crippen LogP contribution is -2.40. The molecule has 0 bridgehead atoms. The molecule has 1 aliphatic carbocycles. The standard InChI is InChI=1S/C23H24N4O2/c1-16-13-26(14-21-24-25-22(27(16)21)18-11-12-18)23(28)19-9-5-6-10-20(19)29-15-17-7-3-2-4-8-17/h2-10,16,18H,11-15H2,1H3/t16-/m0/s1. The van der Waals surface area contributed by atoms with Crippen molar-refractivity contribution in [3.8, 4) is 5.75 Å². The Balaban J connectivity index is 1.35. The summed E-state index contributed by atoms with van der Waals surface area (Å²) in [5, 5.41) is 8.79. The third-order valence-electron chi connectivity index (χ3n) is 5.63. The molecule has 1 atom stereocenters. The van der Waals surface area contributed by atoms with E-state index in [2.05, 4.69) is 21.7 Å². The molecule has 6 heteroatoms. The average Bonchev–Trinajstić information content (AvgIpc) is 3.51. The molecule has 3 aromatic rings. The van der Waals surface area contributed by atoms with Gasteiger partial charge < -0.3 is 14.2 Å². The third-order valence-corrected chi connectivity index (χ3v) is 5.63. The number of rotatable bonds is 5. The van der Waals surface area contributed by atoms with Gasteiger partial charge in [-0.2, -0.15) is 0 Å². The summed E-state index contributed by atoms with van der Waals surface area (Å²) in [5.74, 6) is 3.10. The van der Waals surface area contributed by atoms with Crippen LogP contribution in [0.3, 0.4) is 0 Å². The maximum Gasteiger partial charge on any atom is 0.258 e. The Labute approximate surface area is 170 Å². The SMILES string of the molecule is C[C@H]1CN(C(=O)c2ccccc2OCc2ccccc2)Cc2nnc(C3CC3)n21. The van der Waals surface area contributed by atoms with Crippen molar-refractivity contribution >= 4 is 5.91 Å². The van der Waals surface area contributed by atoms with Gasteiger partial charge in [0.25, 0.3) is 5.91 Å². The molecule has 148 valence electrons. The van der Waals surface area contributed by atoms with Crippen molar-refractivity contribution in [1.29, 1.82) is 0 Å². The first kappa shape index (κ1) is 17.9. The molecule has 2 aromatic carbocycles. The van der Waals surface area contributed by atoms with E-state index in [1.807, 2.05) is 59.5 Å². The molecule has 0 unspecified atom stereocenters. The van der Waals surface area contributed by atoms with E-state index in [1.54, 1.807) is 0 Å². The van der Waals surface area contributed by atoms with E-state index >= 15 is 0 Å². The maximum absolute atomic E-state index is 13.3. The summed E-state index contributed by atoms with van der Waals surface area (Å²) in [6.07, 6.45) is 2.39. The molecule has 1 saturated carbocycles. The fourth-order valence-corrected chi connectivity index (χ4v) is 4.01. The molecule has 1 amide bonds. The van der Waals surface area contributed by atoms with Gasteiger partial charge >= 0.3 is 0 Å². The predicted molar refractivity (Wildman–Crippen MR) is 109 cm³/mol. The number of amides is 1. The highest BCUT2D eigenvalue weighted by Gasteiger charge is 2.36. The molecule has 1 fully saturated rings. The fraction of sp³-hybridized carbons (Fsp3) is 0.348. The first-order valence-corrected chi connectivity index (χ1v) is 10.2. The quantitative estimate of drug-likeness (QED) is 0.664. The van der Waals surface area contributed by atoms with Crippen LogP contribution >= 0.6 is 0 Å². The van der Waals surface area contributed by atoms with Gasteiger partial charge in [-0.15, -0.1) is 10.2 Å². The summed E-state index contributed by atoms with van der Waals surface area (Å²) in [4.78, 5) is 15.2. The molecular weight excluding hydrogens is 364 g/mol. The lowest BCUT2D eigenvalue weighted by atomic mass is 10.1.